The number of hydrogen-bond donors (Lipinski definition) is 0. The number of benzene rings is 1. The molecule has 0 saturated carbocycles. The van der Waals surface area contributed by atoms with E-state index in [-0.39, 0.29) is 12.0 Å². The number of ether oxygens (including phenoxy) is 2. The minimum Gasteiger partial charge on any atom is -0.494 e. The Balaban J connectivity index is 1.51. The van der Waals surface area contributed by atoms with Crippen LogP contribution in [0.5, 0.6) is 11.5 Å². The highest BCUT2D eigenvalue weighted by Crippen LogP contribution is 2.20. The van der Waals surface area contributed by atoms with Crippen LogP contribution in [0.2, 0.25) is 0 Å². The molecule has 1 aromatic carbocycles. The normalized spacial score (nSPS) is 15.0. The number of amides is 1. The van der Waals surface area contributed by atoms with Crippen LogP contribution in [0.3, 0.4) is 0 Å². The van der Waals surface area contributed by atoms with E-state index in [1.165, 1.54) is 0 Å². The first-order chi connectivity index (χ1) is 12.3. The second kappa shape index (κ2) is 8.51. The Bertz CT molecular complexity index is 665. The molecule has 132 valence electrons. The second-order valence-electron chi connectivity index (χ2n) is 6.17. The Morgan fingerprint density at radius 3 is 2.56 bits per heavy atom. The number of carbonyl (C=O) groups is 1. The molecule has 5 nitrogen and oxygen atoms in total. The maximum absolute atomic E-state index is 12.6. The van der Waals surface area contributed by atoms with E-state index in [0.717, 1.165) is 30.8 Å². The monoisotopic (exact) mass is 340 g/mol. The van der Waals surface area contributed by atoms with E-state index >= 15 is 0 Å². The van der Waals surface area contributed by atoms with Crippen LogP contribution in [0, 0.1) is 0 Å². The van der Waals surface area contributed by atoms with Gasteiger partial charge < -0.3 is 14.4 Å². The fourth-order valence-electron chi connectivity index (χ4n) is 2.88. The summed E-state index contributed by atoms with van der Waals surface area (Å²) in [4.78, 5) is 18.6. The largest absolute Gasteiger partial charge is 0.494 e. The zero-order valence-corrected chi connectivity index (χ0v) is 14.6. The van der Waals surface area contributed by atoms with Crippen LogP contribution in [0.1, 0.15) is 36.5 Å². The van der Waals surface area contributed by atoms with Gasteiger partial charge in [0.1, 0.15) is 17.6 Å². The third kappa shape index (κ3) is 4.72. The summed E-state index contributed by atoms with van der Waals surface area (Å²) in [5, 5.41) is 0. The van der Waals surface area contributed by atoms with Crippen LogP contribution in [0.15, 0.2) is 48.8 Å². The Morgan fingerprint density at radius 1 is 1.16 bits per heavy atom. The van der Waals surface area contributed by atoms with Crippen LogP contribution in [0.25, 0.3) is 0 Å². The topological polar surface area (TPSA) is 51.7 Å². The van der Waals surface area contributed by atoms with Gasteiger partial charge in [0.2, 0.25) is 0 Å². The summed E-state index contributed by atoms with van der Waals surface area (Å²) >= 11 is 0. The van der Waals surface area contributed by atoms with E-state index in [1.54, 1.807) is 12.4 Å². The van der Waals surface area contributed by atoms with Gasteiger partial charge in [-0.3, -0.25) is 9.78 Å². The van der Waals surface area contributed by atoms with Gasteiger partial charge in [-0.2, -0.15) is 0 Å². The fraction of sp³-hybridized carbons (Fsp3) is 0.400. The van der Waals surface area contributed by atoms with Crippen molar-refractivity contribution in [2.45, 2.75) is 32.3 Å². The molecule has 0 radical (unpaired) electrons. The van der Waals surface area contributed by atoms with Crippen molar-refractivity contribution in [1.29, 1.82) is 0 Å². The van der Waals surface area contributed by atoms with Crippen molar-refractivity contribution >= 4 is 5.91 Å². The number of rotatable bonds is 6. The first kappa shape index (κ1) is 17.3. The molecule has 3 rings (SSSR count). The smallest absolute Gasteiger partial charge is 0.253 e. The van der Waals surface area contributed by atoms with Gasteiger partial charge in [0, 0.05) is 37.7 Å². The molecule has 1 saturated heterocycles. The molecule has 25 heavy (non-hydrogen) atoms. The van der Waals surface area contributed by atoms with E-state index in [1.807, 2.05) is 41.3 Å². The van der Waals surface area contributed by atoms with Crippen molar-refractivity contribution in [3.63, 3.8) is 0 Å². The summed E-state index contributed by atoms with van der Waals surface area (Å²) in [5.41, 5.74) is 0.704. The number of piperidine rings is 1. The average Bonchev–Trinajstić information content (AvgIpc) is 2.68. The Labute approximate surface area is 148 Å². The minimum absolute atomic E-state index is 0.0712. The maximum Gasteiger partial charge on any atom is 0.253 e. The highest BCUT2D eigenvalue weighted by atomic mass is 16.5. The maximum atomic E-state index is 12.6. The van der Waals surface area contributed by atoms with Crippen LogP contribution in [-0.2, 0) is 0 Å². The van der Waals surface area contributed by atoms with Gasteiger partial charge >= 0.3 is 0 Å². The molecule has 0 spiro atoms. The molecular formula is C20H24N2O3. The number of pyridine rings is 1. The van der Waals surface area contributed by atoms with Gasteiger partial charge in [0.05, 0.1) is 12.8 Å². The number of aromatic nitrogens is 1. The second-order valence-corrected chi connectivity index (χ2v) is 6.17. The van der Waals surface area contributed by atoms with E-state index in [0.29, 0.717) is 25.3 Å². The predicted molar refractivity (Wildman–Crippen MR) is 96.0 cm³/mol. The van der Waals surface area contributed by atoms with Crippen molar-refractivity contribution < 1.29 is 14.3 Å². The van der Waals surface area contributed by atoms with Crippen molar-refractivity contribution in [2.24, 2.45) is 0 Å². The van der Waals surface area contributed by atoms with E-state index in [4.69, 9.17) is 9.47 Å². The standard InChI is InChI=1S/C20H24N2O3/c1-2-14-24-17-7-5-16(6-8-17)20(23)22-12-9-18(10-13-22)25-19-4-3-11-21-15-19/h3-8,11,15,18H,2,9-10,12-14H2,1H3. The van der Waals surface area contributed by atoms with Crippen molar-refractivity contribution in [2.75, 3.05) is 19.7 Å². The fourth-order valence-corrected chi connectivity index (χ4v) is 2.88. The quantitative estimate of drug-likeness (QED) is 0.807. The molecule has 1 fully saturated rings. The SMILES string of the molecule is CCCOc1ccc(C(=O)N2CCC(Oc3cccnc3)CC2)cc1. The Hall–Kier alpha value is -2.56. The molecular weight excluding hydrogens is 316 g/mol. The van der Waals surface area contributed by atoms with Crippen molar-refractivity contribution in [3.8, 4) is 11.5 Å². The van der Waals surface area contributed by atoms with Gasteiger partial charge in [-0.25, -0.2) is 0 Å². The lowest BCUT2D eigenvalue weighted by Crippen LogP contribution is -2.41. The average molecular weight is 340 g/mol. The number of carbonyl (C=O) groups excluding carboxylic acids is 1. The molecule has 1 aliphatic rings. The van der Waals surface area contributed by atoms with Crippen molar-refractivity contribution in [3.05, 3.63) is 54.4 Å². The molecule has 1 aliphatic heterocycles. The lowest BCUT2D eigenvalue weighted by atomic mass is 10.1. The summed E-state index contributed by atoms with van der Waals surface area (Å²) in [6.07, 6.45) is 6.22. The molecule has 0 bridgehead atoms. The highest BCUT2D eigenvalue weighted by molar-refractivity contribution is 5.94. The first-order valence-electron chi connectivity index (χ1n) is 8.85. The molecule has 0 unspecified atom stereocenters. The molecule has 2 aromatic rings. The number of hydrogen-bond acceptors (Lipinski definition) is 4. The van der Waals surface area contributed by atoms with Gasteiger partial charge in [-0.15, -0.1) is 0 Å². The zero-order valence-electron chi connectivity index (χ0n) is 14.6. The number of likely N-dealkylation sites (tertiary alicyclic amines) is 1. The first-order valence-corrected chi connectivity index (χ1v) is 8.85. The summed E-state index contributed by atoms with van der Waals surface area (Å²) in [6, 6.07) is 11.2. The van der Waals surface area contributed by atoms with Crippen LogP contribution < -0.4 is 9.47 Å². The van der Waals surface area contributed by atoms with Crippen molar-refractivity contribution in [1.82, 2.24) is 9.88 Å². The molecule has 0 atom stereocenters. The van der Waals surface area contributed by atoms with E-state index in [2.05, 4.69) is 11.9 Å². The van der Waals surface area contributed by atoms with Gasteiger partial charge in [-0.1, -0.05) is 6.92 Å². The van der Waals surface area contributed by atoms with E-state index in [9.17, 15) is 4.79 Å². The summed E-state index contributed by atoms with van der Waals surface area (Å²) < 4.78 is 11.5. The molecule has 5 heteroatoms. The highest BCUT2D eigenvalue weighted by Gasteiger charge is 2.24. The predicted octanol–water partition coefficient (Wildman–Crippen LogP) is 3.55. The molecule has 0 N–H and O–H groups in total. The molecule has 1 aromatic heterocycles. The molecule has 2 heterocycles. The lowest BCUT2D eigenvalue weighted by molar-refractivity contribution is 0.0595. The Morgan fingerprint density at radius 2 is 1.92 bits per heavy atom. The minimum atomic E-state index is 0.0712. The third-order valence-electron chi connectivity index (χ3n) is 4.24. The zero-order chi connectivity index (χ0) is 17.5. The molecule has 1 amide bonds. The number of nitrogens with zero attached hydrogens (tertiary/aromatic N) is 2. The summed E-state index contributed by atoms with van der Waals surface area (Å²) in [7, 11) is 0. The van der Waals surface area contributed by atoms with Crippen LogP contribution in [-0.4, -0.2) is 41.6 Å². The van der Waals surface area contributed by atoms with E-state index < -0.39 is 0 Å². The van der Waals surface area contributed by atoms with Crippen LogP contribution in [0.4, 0.5) is 0 Å². The lowest BCUT2D eigenvalue weighted by Gasteiger charge is -2.32. The summed E-state index contributed by atoms with van der Waals surface area (Å²) in [6.45, 7) is 4.17. The van der Waals surface area contributed by atoms with Gasteiger partial charge in [-0.05, 0) is 42.8 Å². The van der Waals surface area contributed by atoms with Gasteiger partial charge in [0.25, 0.3) is 5.91 Å². The third-order valence-corrected chi connectivity index (χ3v) is 4.24. The summed E-state index contributed by atoms with van der Waals surface area (Å²) in [5.74, 6) is 1.67. The van der Waals surface area contributed by atoms with Crippen LogP contribution >= 0.6 is 0 Å². The molecule has 0 aliphatic carbocycles. The van der Waals surface area contributed by atoms with Gasteiger partial charge in [0.15, 0.2) is 0 Å². The Kier molecular flexibility index (Phi) is 5.88.